The fraction of sp³-hybridized carbons (Fsp3) is 0.333. The average molecular weight is 578 g/mol. The van der Waals surface area contributed by atoms with Gasteiger partial charge in [0, 0.05) is 34.9 Å². The van der Waals surface area contributed by atoms with Gasteiger partial charge in [-0.05, 0) is 52.0 Å². The Morgan fingerprint density at radius 1 is 1.14 bits per heavy atom. The van der Waals surface area contributed by atoms with Gasteiger partial charge in [-0.1, -0.05) is 36.4 Å². The molecule has 9 nitrogen and oxygen atoms in total. The summed E-state index contributed by atoms with van der Waals surface area (Å²) in [6, 6.07) is 17.1. The van der Waals surface area contributed by atoms with Gasteiger partial charge in [0.15, 0.2) is 0 Å². The van der Waals surface area contributed by atoms with Gasteiger partial charge >= 0.3 is 24.8 Å². The predicted octanol–water partition coefficient (Wildman–Crippen LogP) is 1.94. The number of rotatable bonds is 9. The molecule has 4 atom stereocenters. The molecule has 0 spiro atoms. The maximum absolute atomic E-state index is 13.5. The SMILES string of the molecule is C=C[C@@H]1C[C@]1(NC(=O)C1CC(Oc2cc(-c3ccccc3)nc3cc(OC)ccc23)C=C1[C-]=O)C(=O)OC(C)(C)C.[Li+].[OH-]. The summed E-state index contributed by atoms with van der Waals surface area (Å²) in [6.45, 7) is 9.11. The Kier molecular flexibility index (Phi) is 10.3. The van der Waals surface area contributed by atoms with Crippen LogP contribution in [-0.4, -0.2) is 53.0 Å². The van der Waals surface area contributed by atoms with Gasteiger partial charge in [0.1, 0.15) is 22.6 Å². The first-order valence-electron chi connectivity index (χ1n) is 13.6. The standard InChI is InChI=1S/C33H33N2O6.Li.H2O/c1-6-22-18-33(22,31(38)41-32(2,3)4)35-30(37)26-15-24(14-21(26)19-36)40-29-17-27(20-10-8-7-9-11-20)34-28-16-23(39-5)12-13-25(28)29;;/h6-14,16-17,22,24,26H,1,15,18H2,2-5H3,(H,35,37);;1H2/q-1;+1;/p-1/t22-,24?,26?,33-;;/m1../s1. The number of pyridine rings is 1. The largest absolute Gasteiger partial charge is 1.00 e. The van der Waals surface area contributed by atoms with E-state index in [1.165, 1.54) is 0 Å². The number of hydrogen-bond acceptors (Lipinski definition) is 8. The number of ether oxygens (including phenoxy) is 3. The Hall–Kier alpha value is -3.90. The third-order valence-corrected chi connectivity index (χ3v) is 7.38. The van der Waals surface area contributed by atoms with Gasteiger partial charge in [-0.15, -0.1) is 6.58 Å². The van der Waals surface area contributed by atoms with Crippen LogP contribution < -0.4 is 33.7 Å². The third-order valence-electron chi connectivity index (χ3n) is 7.38. The van der Waals surface area contributed by atoms with Crippen molar-refractivity contribution < 1.29 is 52.9 Å². The molecule has 0 aliphatic heterocycles. The number of carbonyl (C=O) groups excluding carboxylic acids is 3. The molecular formula is C33H34LiN2O7-. The molecule has 2 N–H and O–H groups in total. The average Bonchev–Trinajstić information content (AvgIpc) is 3.52. The molecule has 2 aliphatic carbocycles. The van der Waals surface area contributed by atoms with Crippen LogP contribution in [-0.2, 0) is 19.1 Å². The molecule has 0 radical (unpaired) electrons. The second kappa shape index (κ2) is 13.2. The van der Waals surface area contributed by atoms with E-state index >= 15 is 0 Å². The summed E-state index contributed by atoms with van der Waals surface area (Å²) >= 11 is 0. The summed E-state index contributed by atoms with van der Waals surface area (Å²) in [5.41, 5.74) is 0.588. The van der Waals surface area contributed by atoms with Crippen LogP contribution in [0.1, 0.15) is 33.6 Å². The quantitative estimate of drug-likeness (QED) is 0.177. The summed E-state index contributed by atoms with van der Waals surface area (Å²) in [7, 11) is 1.59. The van der Waals surface area contributed by atoms with Crippen molar-refractivity contribution in [1.82, 2.24) is 10.3 Å². The molecule has 10 heteroatoms. The van der Waals surface area contributed by atoms with Crippen molar-refractivity contribution in [1.29, 1.82) is 0 Å². The maximum atomic E-state index is 13.5. The molecule has 1 fully saturated rings. The van der Waals surface area contributed by atoms with Crippen LogP contribution >= 0.6 is 0 Å². The van der Waals surface area contributed by atoms with Gasteiger partial charge in [0.2, 0.25) is 5.91 Å². The molecule has 3 aromatic rings. The first kappa shape index (κ1) is 33.6. The van der Waals surface area contributed by atoms with Crippen LogP contribution in [0.4, 0.5) is 0 Å². The fourth-order valence-corrected chi connectivity index (χ4v) is 5.18. The molecule has 1 amide bonds. The summed E-state index contributed by atoms with van der Waals surface area (Å²) in [5.74, 6) is -0.822. The Bertz CT molecular complexity index is 1550. The molecule has 2 unspecified atom stereocenters. The summed E-state index contributed by atoms with van der Waals surface area (Å²) in [4.78, 5) is 43.2. The number of benzene rings is 2. The normalized spacial score (nSPS) is 22.2. The van der Waals surface area contributed by atoms with Crippen LogP contribution in [0.15, 0.2) is 78.9 Å². The molecule has 220 valence electrons. The van der Waals surface area contributed by atoms with Gasteiger partial charge in [-0.2, -0.15) is 11.6 Å². The van der Waals surface area contributed by atoms with E-state index in [0.29, 0.717) is 29.1 Å². The zero-order chi connectivity index (χ0) is 29.4. The first-order chi connectivity index (χ1) is 19.6. The Balaban J connectivity index is 0.00000253. The van der Waals surface area contributed by atoms with E-state index in [2.05, 4.69) is 11.9 Å². The second-order valence-corrected chi connectivity index (χ2v) is 11.4. The molecule has 5 rings (SSSR count). The Morgan fingerprint density at radius 2 is 1.86 bits per heavy atom. The third kappa shape index (κ3) is 7.02. The van der Waals surface area contributed by atoms with E-state index in [1.807, 2.05) is 60.9 Å². The molecule has 43 heavy (non-hydrogen) atoms. The number of hydrogen-bond donors (Lipinski definition) is 1. The number of nitrogens with one attached hydrogen (secondary N) is 1. The van der Waals surface area contributed by atoms with Crippen LogP contribution in [0.3, 0.4) is 0 Å². The van der Waals surface area contributed by atoms with E-state index in [4.69, 9.17) is 19.2 Å². The van der Waals surface area contributed by atoms with Gasteiger partial charge in [-0.25, -0.2) is 9.78 Å². The molecule has 0 saturated heterocycles. The van der Waals surface area contributed by atoms with Gasteiger partial charge in [0.25, 0.3) is 0 Å². The summed E-state index contributed by atoms with van der Waals surface area (Å²) in [5, 5.41) is 3.63. The van der Waals surface area contributed by atoms with Crippen molar-refractivity contribution >= 4 is 29.1 Å². The number of fused-ring (bicyclic) bond motifs is 1. The van der Waals surface area contributed by atoms with Gasteiger partial charge in [0.05, 0.1) is 24.4 Å². The minimum Gasteiger partial charge on any atom is -0.870 e. The zero-order valence-corrected chi connectivity index (χ0v) is 25.0. The van der Waals surface area contributed by atoms with E-state index < -0.39 is 35.0 Å². The monoisotopic (exact) mass is 577 g/mol. The maximum Gasteiger partial charge on any atom is 1.00 e. The smallest absolute Gasteiger partial charge is 0.870 e. The van der Waals surface area contributed by atoms with E-state index in [0.717, 1.165) is 10.9 Å². The van der Waals surface area contributed by atoms with Crippen LogP contribution in [0.2, 0.25) is 0 Å². The fourth-order valence-electron chi connectivity index (χ4n) is 5.18. The Labute approximate surface area is 263 Å². The summed E-state index contributed by atoms with van der Waals surface area (Å²) < 4.78 is 17.4. The Morgan fingerprint density at radius 3 is 2.47 bits per heavy atom. The van der Waals surface area contributed by atoms with E-state index in [-0.39, 0.29) is 42.2 Å². The van der Waals surface area contributed by atoms with Gasteiger partial charge < -0.3 is 29.8 Å². The molecule has 2 aliphatic rings. The van der Waals surface area contributed by atoms with Crippen molar-refractivity contribution in [3.05, 3.63) is 78.9 Å². The number of amides is 1. The summed E-state index contributed by atoms with van der Waals surface area (Å²) in [6.07, 6.45) is 5.18. The number of methoxy groups -OCH3 is 1. The molecule has 1 heterocycles. The van der Waals surface area contributed by atoms with Crippen LogP contribution in [0.25, 0.3) is 22.2 Å². The van der Waals surface area contributed by atoms with Crippen molar-refractivity contribution in [2.75, 3.05) is 7.11 Å². The van der Waals surface area contributed by atoms with E-state index in [1.54, 1.807) is 40.0 Å². The van der Waals surface area contributed by atoms with Gasteiger partial charge in [-0.3, -0.25) is 4.79 Å². The number of nitrogens with zero attached hydrogens (tertiary/aromatic N) is 1. The van der Waals surface area contributed by atoms with Crippen molar-refractivity contribution in [3.8, 4) is 22.8 Å². The molecule has 2 aromatic carbocycles. The van der Waals surface area contributed by atoms with Crippen LogP contribution in [0.5, 0.6) is 11.5 Å². The molecule has 0 bridgehead atoms. The molecular weight excluding hydrogens is 543 g/mol. The second-order valence-electron chi connectivity index (χ2n) is 11.4. The minimum atomic E-state index is -1.19. The first-order valence-corrected chi connectivity index (χ1v) is 13.6. The van der Waals surface area contributed by atoms with Crippen molar-refractivity contribution in [3.63, 3.8) is 0 Å². The predicted molar refractivity (Wildman–Crippen MR) is 157 cm³/mol. The molecule has 1 aromatic heterocycles. The molecule has 1 saturated carbocycles. The number of aromatic nitrogens is 1. The van der Waals surface area contributed by atoms with Crippen molar-refractivity contribution in [2.45, 2.75) is 50.9 Å². The van der Waals surface area contributed by atoms with E-state index in [9.17, 15) is 14.4 Å². The number of carbonyl (C=O) groups is 2. The topological polar surface area (TPSA) is 134 Å². The van der Waals surface area contributed by atoms with Crippen molar-refractivity contribution in [2.24, 2.45) is 11.8 Å². The zero-order valence-electron chi connectivity index (χ0n) is 25.0. The van der Waals surface area contributed by atoms with Crippen LogP contribution in [0, 0.1) is 11.8 Å². The minimum absolute atomic E-state index is 0. The number of esters is 1.